The summed E-state index contributed by atoms with van der Waals surface area (Å²) in [5.41, 5.74) is 3.52. The van der Waals surface area contributed by atoms with Crippen molar-refractivity contribution >= 4 is 38.9 Å². The SMILES string of the molecule is Cc1nc(Cl)c(-c2cscc2Br)nc1C. The zero-order valence-electron chi connectivity index (χ0n) is 8.21. The van der Waals surface area contributed by atoms with Gasteiger partial charge in [-0.2, -0.15) is 11.3 Å². The molecule has 0 spiro atoms. The number of hydrogen-bond acceptors (Lipinski definition) is 3. The third kappa shape index (κ3) is 2.07. The maximum atomic E-state index is 6.08. The monoisotopic (exact) mass is 302 g/mol. The lowest BCUT2D eigenvalue weighted by atomic mass is 10.2. The summed E-state index contributed by atoms with van der Waals surface area (Å²) in [6.45, 7) is 3.84. The highest BCUT2D eigenvalue weighted by molar-refractivity contribution is 9.10. The van der Waals surface area contributed by atoms with Crippen LogP contribution in [-0.2, 0) is 0 Å². The molecule has 0 unspecified atom stereocenters. The van der Waals surface area contributed by atoms with Crippen molar-refractivity contribution in [2.24, 2.45) is 0 Å². The van der Waals surface area contributed by atoms with E-state index < -0.39 is 0 Å². The minimum Gasteiger partial charge on any atom is -0.248 e. The van der Waals surface area contributed by atoms with Gasteiger partial charge in [-0.3, -0.25) is 0 Å². The third-order valence-corrected chi connectivity index (χ3v) is 4.10. The fourth-order valence-corrected chi connectivity index (χ4v) is 2.94. The van der Waals surface area contributed by atoms with E-state index in [1.54, 1.807) is 11.3 Å². The number of aromatic nitrogens is 2. The van der Waals surface area contributed by atoms with Gasteiger partial charge in [-0.05, 0) is 29.8 Å². The van der Waals surface area contributed by atoms with E-state index in [1.807, 2.05) is 24.6 Å². The van der Waals surface area contributed by atoms with Crippen LogP contribution >= 0.6 is 38.9 Å². The summed E-state index contributed by atoms with van der Waals surface area (Å²) in [6, 6.07) is 0. The Morgan fingerprint density at radius 3 is 2.47 bits per heavy atom. The van der Waals surface area contributed by atoms with Crippen LogP contribution in [0.4, 0.5) is 0 Å². The number of halogens is 2. The Bertz CT molecular complexity index is 510. The number of rotatable bonds is 1. The van der Waals surface area contributed by atoms with Crippen molar-refractivity contribution in [3.63, 3.8) is 0 Å². The van der Waals surface area contributed by atoms with Gasteiger partial charge in [-0.15, -0.1) is 0 Å². The van der Waals surface area contributed by atoms with Crippen LogP contribution in [0.2, 0.25) is 5.15 Å². The highest BCUT2D eigenvalue weighted by atomic mass is 79.9. The Hall–Kier alpha value is -0.450. The quantitative estimate of drug-likeness (QED) is 0.787. The van der Waals surface area contributed by atoms with Crippen LogP contribution in [0.25, 0.3) is 11.3 Å². The molecule has 2 heterocycles. The summed E-state index contributed by atoms with van der Waals surface area (Å²) in [7, 11) is 0. The molecule has 15 heavy (non-hydrogen) atoms. The van der Waals surface area contributed by atoms with Gasteiger partial charge in [0.15, 0.2) is 5.15 Å². The lowest BCUT2D eigenvalue weighted by Crippen LogP contribution is -1.95. The van der Waals surface area contributed by atoms with Crippen LogP contribution in [0.3, 0.4) is 0 Å². The molecule has 2 aromatic heterocycles. The molecule has 0 fully saturated rings. The summed E-state index contributed by atoms with van der Waals surface area (Å²) in [5, 5.41) is 4.47. The van der Waals surface area contributed by atoms with Crippen LogP contribution < -0.4 is 0 Å². The molecule has 0 radical (unpaired) electrons. The maximum absolute atomic E-state index is 6.08. The van der Waals surface area contributed by atoms with Crippen molar-refractivity contribution in [2.75, 3.05) is 0 Å². The number of nitrogens with zero attached hydrogens (tertiary/aromatic N) is 2. The first kappa shape index (κ1) is 11.0. The number of aryl methyl sites for hydroxylation is 2. The fourth-order valence-electron chi connectivity index (χ4n) is 1.20. The van der Waals surface area contributed by atoms with E-state index in [9.17, 15) is 0 Å². The lowest BCUT2D eigenvalue weighted by Gasteiger charge is -2.05. The van der Waals surface area contributed by atoms with Gasteiger partial charge >= 0.3 is 0 Å². The molecule has 0 aliphatic carbocycles. The van der Waals surface area contributed by atoms with Crippen molar-refractivity contribution in [1.82, 2.24) is 9.97 Å². The predicted octanol–water partition coefficient (Wildman–Crippen LogP) is 4.24. The average molecular weight is 304 g/mol. The molecule has 2 rings (SSSR count). The van der Waals surface area contributed by atoms with Crippen LogP contribution in [0.1, 0.15) is 11.4 Å². The first-order chi connectivity index (χ1) is 7.09. The van der Waals surface area contributed by atoms with Gasteiger partial charge < -0.3 is 0 Å². The topological polar surface area (TPSA) is 25.8 Å². The van der Waals surface area contributed by atoms with E-state index in [2.05, 4.69) is 25.9 Å². The maximum Gasteiger partial charge on any atom is 0.155 e. The molecule has 0 amide bonds. The van der Waals surface area contributed by atoms with Crippen molar-refractivity contribution in [3.8, 4) is 11.3 Å². The van der Waals surface area contributed by atoms with Gasteiger partial charge in [-0.1, -0.05) is 11.6 Å². The molecule has 0 saturated heterocycles. The molecule has 0 bridgehead atoms. The zero-order chi connectivity index (χ0) is 11.0. The minimum absolute atomic E-state index is 0.456. The third-order valence-electron chi connectivity index (χ3n) is 2.13. The zero-order valence-corrected chi connectivity index (χ0v) is 11.4. The average Bonchev–Trinajstić information content (AvgIpc) is 2.58. The molecule has 0 aromatic carbocycles. The standard InChI is InChI=1S/C10H8BrClN2S/c1-5-6(2)14-10(12)9(13-5)7-3-15-4-8(7)11/h3-4H,1-2H3. The normalized spacial score (nSPS) is 10.7. The van der Waals surface area contributed by atoms with Gasteiger partial charge in [-0.25, -0.2) is 9.97 Å². The Morgan fingerprint density at radius 2 is 1.87 bits per heavy atom. The number of hydrogen-bond donors (Lipinski definition) is 0. The highest BCUT2D eigenvalue weighted by Crippen LogP contribution is 2.34. The number of thiophene rings is 1. The molecule has 0 aliphatic rings. The van der Waals surface area contributed by atoms with Gasteiger partial charge in [0, 0.05) is 20.8 Å². The van der Waals surface area contributed by atoms with E-state index >= 15 is 0 Å². The molecule has 2 nitrogen and oxygen atoms in total. The molecular weight excluding hydrogens is 296 g/mol. The van der Waals surface area contributed by atoms with Crippen LogP contribution in [-0.4, -0.2) is 9.97 Å². The van der Waals surface area contributed by atoms with Crippen LogP contribution in [0.15, 0.2) is 15.2 Å². The highest BCUT2D eigenvalue weighted by Gasteiger charge is 2.12. The van der Waals surface area contributed by atoms with Crippen molar-refractivity contribution in [3.05, 3.63) is 31.8 Å². The molecule has 0 aliphatic heterocycles. The Morgan fingerprint density at radius 1 is 1.20 bits per heavy atom. The molecule has 5 heteroatoms. The molecule has 2 aromatic rings. The van der Waals surface area contributed by atoms with Gasteiger partial charge in [0.05, 0.1) is 11.4 Å². The Balaban J connectivity index is 2.64. The second-order valence-electron chi connectivity index (χ2n) is 3.17. The Kier molecular flexibility index (Phi) is 3.09. The lowest BCUT2D eigenvalue weighted by molar-refractivity contribution is 1.05. The Labute approximate surface area is 105 Å². The van der Waals surface area contributed by atoms with E-state index in [0.29, 0.717) is 5.15 Å². The second-order valence-corrected chi connectivity index (χ2v) is 5.12. The first-order valence-electron chi connectivity index (χ1n) is 4.32. The minimum atomic E-state index is 0.456. The van der Waals surface area contributed by atoms with Gasteiger partial charge in [0.1, 0.15) is 5.69 Å². The van der Waals surface area contributed by atoms with E-state index in [4.69, 9.17) is 11.6 Å². The van der Waals surface area contributed by atoms with Gasteiger partial charge in [0.25, 0.3) is 0 Å². The summed E-state index contributed by atoms with van der Waals surface area (Å²) < 4.78 is 1.01. The second kappa shape index (κ2) is 4.20. The van der Waals surface area contributed by atoms with Crippen LogP contribution in [0.5, 0.6) is 0 Å². The summed E-state index contributed by atoms with van der Waals surface area (Å²) in [6.07, 6.45) is 0. The molecule has 0 saturated carbocycles. The first-order valence-corrected chi connectivity index (χ1v) is 6.43. The predicted molar refractivity (Wildman–Crippen MR) is 67.5 cm³/mol. The van der Waals surface area contributed by atoms with E-state index in [0.717, 1.165) is 27.1 Å². The smallest absolute Gasteiger partial charge is 0.155 e. The summed E-state index contributed by atoms with van der Waals surface area (Å²) in [5.74, 6) is 0. The van der Waals surface area contributed by atoms with Crippen molar-refractivity contribution in [1.29, 1.82) is 0 Å². The summed E-state index contributed by atoms with van der Waals surface area (Å²) >= 11 is 11.1. The van der Waals surface area contributed by atoms with Crippen molar-refractivity contribution in [2.45, 2.75) is 13.8 Å². The van der Waals surface area contributed by atoms with Crippen LogP contribution in [0, 0.1) is 13.8 Å². The van der Waals surface area contributed by atoms with E-state index in [1.165, 1.54) is 0 Å². The molecule has 0 atom stereocenters. The molecular formula is C10H8BrClN2S. The molecule has 0 N–H and O–H groups in total. The van der Waals surface area contributed by atoms with Gasteiger partial charge in [0.2, 0.25) is 0 Å². The largest absolute Gasteiger partial charge is 0.248 e. The summed E-state index contributed by atoms with van der Waals surface area (Å²) in [4.78, 5) is 8.71. The van der Waals surface area contributed by atoms with Crippen molar-refractivity contribution < 1.29 is 0 Å². The van der Waals surface area contributed by atoms with E-state index in [-0.39, 0.29) is 0 Å². The fraction of sp³-hybridized carbons (Fsp3) is 0.200. The molecule has 78 valence electrons.